The van der Waals surface area contributed by atoms with Crippen molar-refractivity contribution in [1.82, 2.24) is 0 Å². The van der Waals surface area contributed by atoms with Crippen LogP contribution in [0.3, 0.4) is 0 Å². The summed E-state index contributed by atoms with van der Waals surface area (Å²) >= 11 is 17.5. The smallest absolute Gasteiger partial charge is 0.303 e. The van der Waals surface area contributed by atoms with E-state index in [9.17, 15) is 33.6 Å². The molecule has 2 saturated heterocycles. The molecule has 0 unspecified atom stereocenters. The monoisotopic (exact) mass is 779 g/mol. The maximum absolute atomic E-state index is 12.4. The van der Waals surface area contributed by atoms with Crippen molar-refractivity contribution in [3.63, 3.8) is 0 Å². The van der Waals surface area contributed by atoms with Gasteiger partial charge in [0.05, 0.1) is 0 Å². The van der Waals surface area contributed by atoms with Crippen molar-refractivity contribution < 1.29 is 85.7 Å². The largest absolute Gasteiger partial charge is 0.463 e. The third kappa shape index (κ3) is 13.0. The molecule has 0 aromatic heterocycles. The average Bonchev–Trinajstić information content (AvgIpc) is 2.95. The molecule has 2 rings (SSSR count). The fraction of sp³-hybridized carbons (Fsp3) is 0.714. The van der Waals surface area contributed by atoms with Crippen molar-refractivity contribution in [2.45, 2.75) is 114 Å². The number of rotatable bonds is 12. The van der Waals surface area contributed by atoms with Crippen LogP contribution >= 0.6 is 34.8 Å². The minimum atomic E-state index is -2.50. The van der Waals surface area contributed by atoms with Crippen molar-refractivity contribution in [2.24, 2.45) is 0 Å². The number of carbonyl (C=O) groups excluding carboxylic acids is 7. The average molecular weight is 781 g/mol. The number of nitrogens with one attached hydrogen (secondary N) is 1. The van der Waals surface area contributed by atoms with Crippen LogP contribution in [0, 0.1) is 5.41 Å². The van der Waals surface area contributed by atoms with Gasteiger partial charge in [0.25, 0.3) is 3.79 Å². The van der Waals surface area contributed by atoms with Crippen molar-refractivity contribution in [2.75, 3.05) is 13.2 Å². The van der Waals surface area contributed by atoms with Crippen LogP contribution in [0.4, 0.5) is 0 Å². The Labute approximate surface area is 300 Å². The number of halogens is 3. The molecule has 0 bridgehead atoms. The normalized spacial score (nSPS) is 29.3. The van der Waals surface area contributed by atoms with E-state index in [2.05, 4.69) is 0 Å². The standard InChI is InChI=1S/C28H36Cl3NO18/c1-10(33)40-8-17-19(42-12(3)35)21(44-14(5)37)23(46-16(7)39)25(47-17)49-24-22(45-15(6)38)20(43-13(4)36)18(9-41-11(2)34)48-26(24)50-27(32)28(29,30)31/h17-26,32H,8-9H2,1-7H3/t17-,18-,19-,20-,21+,22+,23+,24+,25-,26-/m1/s1. The summed E-state index contributed by atoms with van der Waals surface area (Å²) in [5.74, 6) is -7.38. The first-order valence-corrected chi connectivity index (χ1v) is 15.7. The van der Waals surface area contributed by atoms with Gasteiger partial charge in [0.1, 0.15) is 25.4 Å². The Bertz CT molecular complexity index is 1310. The topological polar surface area (TPSA) is 245 Å². The Morgan fingerprint density at radius 2 is 0.840 bits per heavy atom. The zero-order chi connectivity index (χ0) is 38.1. The first-order chi connectivity index (χ1) is 23.1. The maximum Gasteiger partial charge on any atom is 0.303 e. The molecule has 0 aromatic rings. The summed E-state index contributed by atoms with van der Waals surface area (Å²) in [6.45, 7) is 5.84. The minimum Gasteiger partial charge on any atom is -0.463 e. The highest BCUT2D eigenvalue weighted by Crippen LogP contribution is 2.37. The third-order valence-electron chi connectivity index (χ3n) is 6.38. The molecule has 282 valence electrons. The van der Waals surface area contributed by atoms with E-state index in [1.807, 2.05) is 0 Å². The van der Waals surface area contributed by atoms with Gasteiger partial charge in [0.15, 0.2) is 42.9 Å². The van der Waals surface area contributed by atoms with Crippen LogP contribution in [0.5, 0.6) is 0 Å². The van der Waals surface area contributed by atoms with Gasteiger partial charge in [-0.05, 0) is 0 Å². The third-order valence-corrected chi connectivity index (χ3v) is 6.89. The predicted octanol–water partition coefficient (Wildman–Crippen LogP) is 0.970. The SMILES string of the molecule is CC(=O)OC[C@H]1O[C@H](O[C@@H]2[C@@H](OC(=N)C(Cl)(Cl)Cl)O[C@H](COC(C)=O)[C@@H](OC(C)=O)[C@@H]2OC(C)=O)[C@@H](OC(C)=O)[C@@H](OC(C)=O)[C@@H]1OC(C)=O. The van der Waals surface area contributed by atoms with Crippen LogP contribution in [0.25, 0.3) is 0 Å². The first kappa shape index (κ1) is 42.7. The van der Waals surface area contributed by atoms with Crippen molar-refractivity contribution in [1.29, 1.82) is 5.41 Å². The van der Waals surface area contributed by atoms with Crippen LogP contribution in [0.2, 0.25) is 0 Å². The number of hydrogen-bond acceptors (Lipinski definition) is 19. The molecule has 19 nitrogen and oxygen atoms in total. The van der Waals surface area contributed by atoms with E-state index in [0.29, 0.717) is 0 Å². The van der Waals surface area contributed by atoms with E-state index in [1.54, 1.807) is 0 Å². The molecule has 0 saturated carbocycles. The molecule has 10 atom stereocenters. The molecule has 0 aliphatic carbocycles. The number of alkyl halides is 3. The summed E-state index contributed by atoms with van der Waals surface area (Å²) in [4.78, 5) is 84.8. The van der Waals surface area contributed by atoms with Gasteiger partial charge in [0, 0.05) is 48.5 Å². The molecule has 2 fully saturated rings. The molecular weight excluding hydrogens is 745 g/mol. The van der Waals surface area contributed by atoms with E-state index >= 15 is 0 Å². The summed E-state index contributed by atoms with van der Waals surface area (Å²) < 4.78 is 58.1. The van der Waals surface area contributed by atoms with Gasteiger partial charge in [-0.3, -0.25) is 39.0 Å². The highest BCUT2D eigenvalue weighted by Gasteiger charge is 2.58. The molecule has 2 aliphatic heterocycles. The molecule has 1 N–H and O–H groups in total. The van der Waals surface area contributed by atoms with E-state index in [1.165, 1.54) is 0 Å². The zero-order valence-electron chi connectivity index (χ0n) is 27.7. The molecule has 0 spiro atoms. The molecule has 0 amide bonds. The molecule has 0 radical (unpaired) electrons. The second kappa shape index (κ2) is 18.7. The van der Waals surface area contributed by atoms with Gasteiger partial charge in [0.2, 0.25) is 12.2 Å². The zero-order valence-corrected chi connectivity index (χ0v) is 29.9. The summed E-state index contributed by atoms with van der Waals surface area (Å²) in [5.41, 5.74) is 0. The summed E-state index contributed by atoms with van der Waals surface area (Å²) in [5, 5.41) is 8.17. The van der Waals surface area contributed by atoms with Crippen LogP contribution in [0.1, 0.15) is 48.5 Å². The number of esters is 7. The lowest BCUT2D eigenvalue weighted by atomic mass is 9.96. The van der Waals surface area contributed by atoms with Gasteiger partial charge in [-0.15, -0.1) is 0 Å². The highest BCUT2D eigenvalue weighted by atomic mass is 35.6. The lowest BCUT2D eigenvalue weighted by Gasteiger charge is -2.48. The van der Waals surface area contributed by atoms with Crippen LogP contribution in [-0.2, 0) is 85.7 Å². The van der Waals surface area contributed by atoms with Crippen molar-refractivity contribution in [3.05, 3.63) is 0 Å². The Morgan fingerprint density at radius 1 is 0.500 bits per heavy atom. The van der Waals surface area contributed by atoms with E-state index in [4.69, 9.17) is 92.3 Å². The highest BCUT2D eigenvalue weighted by molar-refractivity contribution is 6.76. The van der Waals surface area contributed by atoms with Gasteiger partial charge >= 0.3 is 41.8 Å². The van der Waals surface area contributed by atoms with Crippen molar-refractivity contribution in [3.8, 4) is 0 Å². The molecular formula is C28H36Cl3NO18. The van der Waals surface area contributed by atoms with Gasteiger partial charge in [-0.2, -0.15) is 0 Å². The lowest BCUT2D eigenvalue weighted by molar-refractivity contribution is -0.361. The van der Waals surface area contributed by atoms with Gasteiger partial charge in [-0.25, -0.2) is 0 Å². The Balaban J connectivity index is 2.79. The van der Waals surface area contributed by atoms with E-state index in [0.717, 1.165) is 48.5 Å². The van der Waals surface area contributed by atoms with Gasteiger partial charge in [-0.1, -0.05) is 34.8 Å². The Hall–Kier alpha value is -3.49. The lowest BCUT2D eigenvalue weighted by Crippen LogP contribution is -2.67. The number of carbonyl (C=O) groups is 7. The molecule has 0 aromatic carbocycles. The Morgan fingerprint density at radius 3 is 1.20 bits per heavy atom. The maximum atomic E-state index is 12.4. The van der Waals surface area contributed by atoms with E-state index in [-0.39, 0.29) is 0 Å². The van der Waals surface area contributed by atoms with Crippen LogP contribution < -0.4 is 0 Å². The fourth-order valence-electron chi connectivity index (χ4n) is 4.75. The summed E-state index contributed by atoms with van der Waals surface area (Å²) in [7, 11) is 0. The quantitative estimate of drug-likeness (QED) is 0.0953. The Kier molecular flexibility index (Phi) is 15.9. The summed E-state index contributed by atoms with van der Waals surface area (Å²) in [6.07, 6.45) is -17.2. The molecule has 2 aliphatic rings. The first-order valence-electron chi connectivity index (χ1n) is 14.5. The van der Waals surface area contributed by atoms with Crippen LogP contribution in [0.15, 0.2) is 0 Å². The predicted molar refractivity (Wildman–Crippen MR) is 162 cm³/mol. The molecule has 22 heteroatoms. The molecule has 2 heterocycles. The van der Waals surface area contributed by atoms with Gasteiger partial charge < -0.3 is 52.1 Å². The fourth-order valence-corrected chi connectivity index (χ4v) is 4.88. The number of ether oxygens (including phenoxy) is 11. The molecule has 50 heavy (non-hydrogen) atoms. The van der Waals surface area contributed by atoms with Crippen molar-refractivity contribution >= 4 is 82.5 Å². The summed E-state index contributed by atoms with van der Waals surface area (Å²) in [6, 6.07) is 0. The van der Waals surface area contributed by atoms with E-state index < -0.39 is 126 Å². The minimum absolute atomic E-state index is 0.627. The van der Waals surface area contributed by atoms with Crippen LogP contribution in [-0.4, -0.2) is 126 Å². The number of hydrogen-bond donors (Lipinski definition) is 1. The second-order valence-electron chi connectivity index (χ2n) is 10.6. The second-order valence-corrected chi connectivity index (χ2v) is 12.9.